The van der Waals surface area contributed by atoms with Crippen molar-refractivity contribution in [1.29, 1.82) is 0 Å². The van der Waals surface area contributed by atoms with E-state index in [0.29, 0.717) is 6.54 Å². The first-order valence-electron chi connectivity index (χ1n) is 6.81. The lowest BCUT2D eigenvalue weighted by Crippen LogP contribution is -2.29. The first-order chi connectivity index (χ1) is 10.5. The van der Waals surface area contributed by atoms with Gasteiger partial charge in [0.1, 0.15) is 0 Å². The molecule has 0 unspecified atom stereocenters. The molecular formula is C16H17N3O3. The zero-order valence-electron chi connectivity index (χ0n) is 12.2. The molecule has 1 N–H and O–H groups in total. The molecule has 0 aliphatic rings. The molecule has 2 rings (SSSR count). The van der Waals surface area contributed by atoms with Crippen LogP contribution in [0.25, 0.3) is 0 Å². The molecule has 6 heteroatoms. The predicted octanol–water partition coefficient (Wildman–Crippen LogP) is 2.67. The number of hydrogen-bond acceptors (Lipinski definition) is 4. The normalized spacial score (nSPS) is 10.5. The molecule has 0 aromatic heterocycles. The summed E-state index contributed by atoms with van der Waals surface area (Å²) in [6.07, 6.45) is 0. The minimum atomic E-state index is -0.425. The molecule has 114 valence electrons. The molecule has 2 aromatic carbocycles. The van der Waals surface area contributed by atoms with Crippen LogP contribution >= 0.6 is 0 Å². The Labute approximate surface area is 128 Å². The third-order valence-corrected chi connectivity index (χ3v) is 3.04. The average molecular weight is 299 g/mol. The van der Waals surface area contributed by atoms with E-state index < -0.39 is 4.92 Å². The molecule has 0 spiro atoms. The average Bonchev–Trinajstić information content (AvgIpc) is 2.48. The van der Waals surface area contributed by atoms with Crippen molar-refractivity contribution in [3.8, 4) is 0 Å². The summed E-state index contributed by atoms with van der Waals surface area (Å²) in [5.74, 6) is -0.126. The zero-order chi connectivity index (χ0) is 15.9. The molecular weight excluding hydrogens is 282 g/mol. The summed E-state index contributed by atoms with van der Waals surface area (Å²) in [4.78, 5) is 24.1. The van der Waals surface area contributed by atoms with E-state index in [1.165, 1.54) is 12.1 Å². The minimum absolute atomic E-state index is 0.0552. The molecule has 0 heterocycles. The smallest absolute Gasteiger partial charge is 0.269 e. The fourth-order valence-corrected chi connectivity index (χ4v) is 2.10. The van der Waals surface area contributed by atoms with Crippen molar-refractivity contribution in [2.45, 2.75) is 6.54 Å². The van der Waals surface area contributed by atoms with Gasteiger partial charge < -0.3 is 5.32 Å². The Morgan fingerprint density at radius 1 is 1.18 bits per heavy atom. The summed E-state index contributed by atoms with van der Waals surface area (Å²) in [6.45, 7) is 0.668. The van der Waals surface area contributed by atoms with Gasteiger partial charge in [0.05, 0.1) is 11.5 Å². The number of anilines is 1. The number of hydrogen-bond donors (Lipinski definition) is 1. The van der Waals surface area contributed by atoms with Crippen molar-refractivity contribution in [3.05, 3.63) is 70.3 Å². The van der Waals surface area contributed by atoms with E-state index in [4.69, 9.17) is 0 Å². The fraction of sp³-hybridized carbons (Fsp3) is 0.188. The van der Waals surface area contributed by atoms with Crippen molar-refractivity contribution < 1.29 is 9.72 Å². The first-order valence-corrected chi connectivity index (χ1v) is 6.81. The summed E-state index contributed by atoms with van der Waals surface area (Å²) >= 11 is 0. The van der Waals surface area contributed by atoms with Gasteiger partial charge in [-0.2, -0.15) is 0 Å². The second kappa shape index (κ2) is 7.33. The summed E-state index contributed by atoms with van der Waals surface area (Å²) in [6, 6.07) is 15.6. The Morgan fingerprint density at radius 2 is 1.91 bits per heavy atom. The van der Waals surface area contributed by atoms with Gasteiger partial charge in [0, 0.05) is 24.4 Å². The highest BCUT2D eigenvalue weighted by atomic mass is 16.6. The number of nitrogens with one attached hydrogen (secondary N) is 1. The van der Waals surface area contributed by atoms with Crippen LogP contribution in [-0.4, -0.2) is 29.3 Å². The van der Waals surface area contributed by atoms with Crippen LogP contribution in [0, 0.1) is 10.1 Å². The lowest BCUT2D eigenvalue weighted by Gasteiger charge is -2.16. The molecule has 0 saturated carbocycles. The number of benzene rings is 2. The third-order valence-electron chi connectivity index (χ3n) is 3.04. The number of nitrogens with zero attached hydrogens (tertiary/aromatic N) is 2. The van der Waals surface area contributed by atoms with Gasteiger partial charge in [-0.1, -0.05) is 30.3 Å². The SMILES string of the molecule is CN(CC(=O)Nc1ccccc1)Cc1cccc([N+](=O)[O-])c1. The van der Waals surface area contributed by atoms with E-state index in [1.54, 1.807) is 24.1 Å². The van der Waals surface area contributed by atoms with Gasteiger partial charge in [0.2, 0.25) is 5.91 Å². The van der Waals surface area contributed by atoms with Gasteiger partial charge in [0.25, 0.3) is 5.69 Å². The number of carbonyl (C=O) groups excluding carboxylic acids is 1. The van der Waals surface area contributed by atoms with E-state index in [1.807, 2.05) is 30.3 Å². The molecule has 22 heavy (non-hydrogen) atoms. The highest BCUT2D eigenvalue weighted by Gasteiger charge is 2.10. The maximum Gasteiger partial charge on any atom is 0.269 e. The topological polar surface area (TPSA) is 75.5 Å². The maximum absolute atomic E-state index is 11.9. The quantitative estimate of drug-likeness (QED) is 0.657. The number of nitro groups is 1. The predicted molar refractivity (Wildman–Crippen MR) is 84.5 cm³/mol. The summed E-state index contributed by atoms with van der Waals surface area (Å²) in [5.41, 5.74) is 1.60. The van der Waals surface area contributed by atoms with Crippen molar-refractivity contribution >= 4 is 17.3 Å². The molecule has 0 saturated heterocycles. The molecule has 0 fully saturated rings. The van der Waals surface area contributed by atoms with Crippen molar-refractivity contribution in [1.82, 2.24) is 4.90 Å². The van der Waals surface area contributed by atoms with Crippen LogP contribution in [0.5, 0.6) is 0 Å². The molecule has 0 bridgehead atoms. The Hall–Kier alpha value is -2.73. The molecule has 0 radical (unpaired) electrons. The second-order valence-corrected chi connectivity index (χ2v) is 5.01. The summed E-state index contributed by atoms with van der Waals surface area (Å²) < 4.78 is 0. The number of rotatable bonds is 6. The van der Waals surface area contributed by atoms with Crippen LogP contribution in [0.3, 0.4) is 0 Å². The van der Waals surface area contributed by atoms with E-state index in [0.717, 1.165) is 11.3 Å². The van der Waals surface area contributed by atoms with Crippen molar-refractivity contribution in [3.63, 3.8) is 0 Å². The van der Waals surface area contributed by atoms with Crippen LogP contribution in [-0.2, 0) is 11.3 Å². The summed E-state index contributed by atoms with van der Waals surface area (Å²) in [7, 11) is 1.80. The number of likely N-dealkylation sites (N-methyl/N-ethyl adjacent to an activating group) is 1. The van der Waals surface area contributed by atoms with E-state index in [9.17, 15) is 14.9 Å². The van der Waals surface area contributed by atoms with E-state index in [2.05, 4.69) is 5.32 Å². The van der Waals surface area contributed by atoms with Gasteiger partial charge in [-0.15, -0.1) is 0 Å². The van der Waals surface area contributed by atoms with Gasteiger partial charge in [-0.25, -0.2) is 0 Å². The Morgan fingerprint density at radius 3 is 2.59 bits per heavy atom. The summed E-state index contributed by atoms with van der Waals surface area (Å²) in [5, 5.41) is 13.5. The van der Waals surface area contributed by atoms with E-state index in [-0.39, 0.29) is 18.1 Å². The molecule has 0 atom stereocenters. The van der Waals surface area contributed by atoms with E-state index >= 15 is 0 Å². The Balaban J connectivity index is 1.89. The number of para-hydroxylation sites is 1. The molecule has 0 aliphatic heterocycles. The molecule has 2 aromatic rings. The van der Waals surface area contributed by atoms with Crippen LogP contribution in [0.2, 0.25) is 0 Å². The Bertz CT molecular complexity index is 659. The van der Waals surface area contributed by atoms with Crippen molar-refractivity contribution in [2.24, 2.45) is 0 Å². The van der Waals surface area contributed by atoms with Gasteiger partial charge >= 0.3 is 0 Å². The highest BCUT2D eigenvalue weighted by Crippen LogP contribution is 2.14. The largest absolute Gasteiger partial charge is 0.325 e. The molecule has 6 nitrogen and oxygen atoms in total. The monoisotopic (exact) mass is 299 g/mol. The lowest BCUT2D eigenvalue weighted by atomic mass is 10.2. The van der Waals surface area contributed by atoms with Gasteiger partial charge in [-0.05, 0) is 24.7 Å². The lowest BCUT2D eigenvalue weighted by molar-refractivity contribution is -0.384. The first kappa shape index (κ1) is 15.7. The standard InChI is InChI=1S/C16H17N3O3/c1-18(11-13-6-5-9-15(10-13)19(21)22)12-16(20)17-14-7-3-2-4-8-14/h2-10H,11-12H2,1H3,(H,17,20). The minimum Gasteiger partial charge on any atom is -0.325 e. The van der Waals surface area contributed by atoms with Gasteiger partial charge in [0.15, 0.2) is 0 Å². The zero-order valence-corrected chi connectivity index (χ0v) is 12.2. The van der Waals surface area contributed by atoms with Crippen LogP contribution < -0.4 is 5.32 Å². The number of carbonyl (C=O) groups is 1. The molecule has 0 aliphatic carbocycles. The Kier molecular flexibility index (Phi) is 5.21. The fourth-order valence-electron chi connectivity index (χ4n) is 2.10. The van der Waals surface area contributed by atoms with Crippen LogP contribution in [0.15, 0.2) is 54.6 Å². The number of nitro benzene ring substituents is 1. The maximum atomic E-state index is 11.9. The second-order valence-electron chi connectivity index (χ2n) is 5.01. The third kappa shape index (κ3) is 4.68. The number of amides is 1. The molecule has 1 amide bonds. The number of non-ortho nitro benzene ring substituents is 1. The van der Waals surface area contributed by atoms with Crippen molar-refractivity contribution in [2.75, 3.05) is 18.9 Å². The van der Waals surface area contributed by atoms with Gasteiger partial charge in [-0.3, -0.25) is 19.8 Å². The van der Waals surface area contributed by atoms with Crippen LogP contribution in [0.1, 0.15) is 5.56 Å². The van der Waals surface area contributed by atoms with Crippen LogP contribution in [0.4, 0.5) is 11.4 Å². The highest BCUT2D eigenvalue weighted by molar-refractivity contribution is 5.92.